The Hall–Kier alpha value is -3.49. The van der Waals surface area contributed by atoms with Crippen LogP contribution in [0.4, 0.5) is 11.4 Å². The molecule has 31 heavy (non-hydrogen) atoms. The van der Waals surface area contributed by atoms with Gasteiger partial charge in [0, 0.05) is 33.3 Å². The molecule has 4 rings (SSSR count). The number of halogens is 1. The van der Waals surface area contributed by atoms with Gasteiger partial charge in [-0.1, -0.05) is 23.7 Å². The van der Waals surface area contributed by atoms with Crippen LogP contribution in [0.25, 0.3) is 5.76 Å². The van der Waals surface area contributed by atoms with Crippen molar-refractivity contribution in [3.8, 4) is 0 Å². The highest BCUT2D eigenvalue weighted by molar-refractivity contribution is 7.10. The molecule has 9 heteroatoms. The molecular weight excluding hydrogens is 440 g/mol. The number of nitro benzene ring substituents is 1. The third kappa shape index (κ3) is 3.60. The quantitative estimate of drug-likeness (QED) is 0.191. The minimum absolute atomic E-state index is 0.0827. The van der Waals surface area contributed by atoms with Crippen LogP contribution in [0.2, 0.25) is 5.02 Å². The highest BCUT2D eigenvalue weighted by Crippen LogP contribution is 2.44. The molecule has 0 radical (unpaired) electrons. The van der Waals surface area contributed by atoms with Gasteiger partial charge in [0.1, 0.15) is 11.8 Å². The lowest BCUT2D eigenvalue weighted by Gasteiger charge is -2.25. The molecule has 1 aliphatic heterocycles. The van der Waals surface area contributed by atoms with Crippen molar-refractivity contribution in [1.29, 1.82) is 0 Å². The summed E-state index contributed by atoms with van der Waals surface area (Å²) in [6, 6.07) is 12.9. The third-order valence-corrected chi connectivity index (χ3v) is 6.20. The third-order valence-electron chi connectivity index (χ3n) is 5.04. The average molecular weight is 455 g/mol. The van der Waals surface area contributed by atoms with E-state index in [1.54, 1.807) is 37.3 Å². The van der Waals surface area contributed by atoms with Crippen LogP contribution in [0.5, 0.6) is 0 Å². The van der Waals surface area contributed by atoms with Crippen molar-refractivity contribution in [3.63, 3.8) is 0 Å². The van der Waals surface area contributed by atoms with Crippen LogP contribution in [0.1, 0.15) is 22.0 Å². The topological polar surface area (TPSA) is 101 Å². The largest absolute Gasteiger partial charge is 0.507 e. The van der Waals surface area contributed by atoms with Crippen molar-refractivity contribution in [2.45, 2.75) is 13.0 Å². The summed E-state index contributed by atoms with van der Waals surface area (Å²) in [5.74, 6) is -2.02. The molecule has 7 nitrogen and oxygen atoms in total. The van der Waals surface area contributed by atoms with Crippen LogP contribution >= 0.6 is 22.9 Å². The molecule has 156 valence electrons. The zero-order chi connectivity index (χ0) is 22.3. The van der Waals surface area contributed by atoms with E-state index >= 15 is 0 Å². The summed E-state index contributed by atoms with van der Waals surface area (Å²) in [7, 11) is 0. The molecule has 2 aromatic carbocycles. The molecule has 1 amide bonds. The lowest BCUT2D eigenvalue weighted by atomic mass is 9.99. The number of anilines is 1. The number of aliphatic hydroxyl groups is 1. The number of nitro groups is 1. The summed E-state index contributed by atoms with van der Waals surface area (Å²) in [5, 5.41) is 24.1. The number of carbonyl (C=O) groups excluding carboxylic acids is 2. The molecule has 0 spiro atoms. The molecular formula is C22H15ClN2O5S. The number of thiophene rings is 1. The minimum Gasteiger partial charge on any atom is -0.507 e. The lowest BCUT2D eigenvalue weighted by molar-refractivity contribution is -0.384. The predicted molar refractivity (Wildman–Crippen MR) is 118 cm³/mol. The van der Waals surface area contributed by atoms with E-state index in [9.17, 15) is 24.8 Å². The Balaban J connectivity index is 1.92. The minimum atomic E-state index is -0.854. The molecule has 2 heterocycles. The fourth-order valence-electron chi connectivity index (χ4n) is 3.54. The van der Waals surface area contributed by atoms with Crippen LogP contribution < -0.4 is 4.90 Å². The second kappa shape index (κ2) is 7.98. The Bertz CT molecular complexity index is 1240. The van der Waals surface area contributed by atoms with Crippen molar-refractivity contribution in [2.75, 3.05) is 4.90 Å². The van der Waals surface area contributed by atoms with Gasteiger partial charge < -0.3 is 5.11 Å². The van der Waals surface area contributed by atoms with E-state index in [-0.39, 0.29) is 16.8 Å². The second-order valence-corrected chi connectivity index (χ2v) is 8.34. The van der Waals surface area contributed by atoms with E-state index in [4.69, 9.17) is 11.6 Å². The molecule has 1 saturated heterocycles. The molecule has 1 aliphatic rings. The summed E-state index contributed by atoms with van der Waals surface area (Å²) in [5.41, 5.74) is 1.17. The highest BCUT2D eigenvalue weighted by atomic mass is 35.5. The second-order valence-electron chi connectivity index (χ2n) is 6.92. The number of non-ortho nitro benzene ring substituents is 1. The van der Waals surface area contributed by atoms with Crippen LogP contribution in [0, 0.1) is 17.0 Å². The number of aryl methyl sites for hydroxylation is 1. The summed E-state index contributed by atoms with van der Waals surface area (Å²) in [4.78, 5) is 38.5. The number of hydrogen-bond donors (Lipinski definition) is 1. The van der Waals surface area contributed by atoms with E-state index in [0.29, 0.717) is 15.6 Å². The van der Waals surface area contributed by atoms with Gasteiger partial charge in [-0.05, 0) is 48.2 Å². The Kier molecular flexibility index (Phi) is 5.34. The van der Waals surface area contributed by atoms with Gasteiger partial charge in [-0.25, -0.2) is 0 Å². The fraction of sp³-hybridized carbons (Fsp3) is 0.0909. The van der Waals surface area contributed by atoms with Crippen molar-refractivity contribution in [3.05, 3.63) is 96.7 Å². The average Bonchev–Trinajstić information content (AvgIpc) is 3.37. The van der Waals surface area contributed by atoms with Crippen LogP contribution in [-0.4, -0.2) is 21.7 Å². The molecule has 1 fully saturated rings. The Morgan fingerprint density at radius 1 is 1.16 bits per heavy atom. The van der Waals surface area contributed by atoms with E-state index in [1.165, 1.54) is 40.5 Å². The first-order valence-electron chi connectivity index (χ1n) is 9.15. The molecule has 1 N–H and O–H groups in total. The Morgan fingerprint density at radius 2 is 1.87 bits per heavy atom. The van der Waals surface area contributed by atoms with Gasteiger partial charge in [0.25, 0.3) is 17.4 Å². The number of nitrogens with zero attached hydrogens (tertiary/aromatic N) is 2. The van der Waals surface area contributed by atoms with Gasteiger partial charge in [0.2, 0.25) is 0 Å². The Morgan fingerprint density at radius 3 is 2.48 bits per heavy atom. The van der Waals surface area contributed by atoms with Crippen molar-refractivity contribution in [1.82, 2.24) is 0 Å². The van der Waals surface area contributed by atoms with Crippen LogP contribution in [-0.2, 0) is 9.59 Å². The summed E-state index contributed by atoms with van der Waals surface area (Å²) < 4.78 is 0. The van der Waals surface area contributed by atoms with Gasteiger partial charge in [-0.15, -0.1) is 11.3 Å². The van der Waals surface area contributed by atoms with Gasteiger partial charge >= 0.3 is 0 Å². The van der Waals surface area contributed by atoms with E-state index in [2.05, 4.69) is 0 Å². The lowest BCUT2D eigenvalue weighted by Crippen LogP contribution is -2.29. The highest BCUT2D eigenvalue weighted by Gasteiger charge is 2.47. The van der Waals surface area contributed by atoms with Gasteiger partial charge in [-0.3, -0.25) is 24.6 Å². The molecule has 1 unspecified atom stereocenters. The molecule has 0 saturated carbocycles. The maximum Gasteiger partial charge on any atom is 0.300 e. The normalized spacial score (nSPS) is 17.9. The number of Topliss-reactive ketones (excluding diaryl/α,β-unsaturated/α-hetero) is 1. The van der Waals surface area contributed by atoms with Crippen LogP contribution in [0.15, 0.2) is 65.6 Å². The van der Waals surface area contributed by atoms with Crippen molar-refractivity contribution < 1.29 is 19.6 Å². The van der Waals surface area contributed by atoms with Crippen molar-refractivity contribution in [2.24, 2.45) is 0 Å². The van der Waals surface area contributed by atoms with E-state index in [1.807, 2.05) is 5.38 Å². The molecule has 0 bridgehead atoms. The van der Waals surface area contributed by atoms with Crippen LogP contribution in [0.3, 0.4) is 0 Å². The molecule has 0 aliphatic carbocycles. The summed E-state index contributed by atoms with van der Waals surface area (Å²) >= 11 is 7.49. The van der Waals surface area contributed by atoms with E-state index in [0.717, 1.165) is 5.56 Å². The number of hydrogen-bond acceptors (Lipinski definition) is 6. The summed E-state index contributed by atoms with van der Waals surface area (Å²) in [6.45, 7) is 1.80. The number of rotatable bonds is 4. The number of aliphatic hydroxyl groups excluding tert-OH is 1. The van der Waals surface area contributed by atoms with Gasteiger partial charge in [0.05, 0.1) is 10.5 Å². The monoisotopic (exact) mass is 454 g/mol. The maximum atomic E-state index is 13.1. The molecule has 1 atom stereocenters. The first-order chi connectivity index (χ1) is 14.8. The Labute approximate surface area is 186 Å². The number of ketones is 1. The van der Waals surface area contributed by atoms with Gasteiger partial charge in [-0.2, -0.15) is 0 Å². The first-order valence-corrected chi connectivity index (χ1v) is 10.4. The number of benzene rings is 2. The van der Waals surface area contributed by atoms with Gasteiger partial charge in [0.15, 0.2) is 0 Å². The standard InChI is InChI=1S/C22H15ClN2O5S/c1-12-4-7-14(23)11-16(12)24-19(17-3-2-10-31-17)18(21(27)22(24)28)20(26)13-5-8-15(9-6-13)25(29)30/h2-11,19,26H,1H3/b20-18-. The smallest absolute Gasteiger partial charge is 0.300 e. The summed E-state index contributed by atoms with van der Waals surface area (Å²) in [6.07, 6.45) is 0. The zero-order valence-corrected chi connectivity index (χ0v) is 17.7. The molecule has 3 aromatic rings. The number of carbonyl (C=O) groups is 2. The van der Waals surface area contributed by atoms with E-state index < -0.39 is 28.4 Å². The fourth-order valence-corrected chi connectivity index (χ4v) is 4.53. The SMILES string of the molecule is Cc1ccc(Cl)cc1N1C(=O)C(=O)/C(=C(\O)c2ccc([N+](=O)[O-])cc2)C1c1cccs1. The molecule has 1 aromatic heterocycles. The number of amides is 1. The first kappa shape index (κ1) is 20.8. The maximum absolute atomic E-state index is 13.1. The predicted octanol–water partition coefficient (Wildman–Crippen LogP) is 5.24. The zero-order valence-electron chi connectivity index (χ0n) is 16.1. The van der Waals surface area contributed by atoms with Crippen molar-refractivity contribution >= 4 is 51.8 Å².